The van der Waals surface area contributed by atoms with Gasteiger partial charge in [0.05, 0.1) is 10.9 Å². The number of aryl methyl sites for hydroxylation is 1. The Morgan fingerprint density at radius 2 is 2.03 bits per heavy atom. The number of anilines is 1. The Morgan fingerprint density at radius 3 is 2.83 bits per heavy atom. The molecule has 2 aromatic heterocycles. The van der Waals surface area contributed by atoms with Crippen molar-refractivity contribution in [1.82, 2.24) is 0 Å². The quantitative estimate of drug-likeness (QED) is 0.327. The van der Waals surface area contributed by atoms with Crippen LogP contribution in [0.4, 0.5) is 5.00 Å². The van der Waals surface area contributed by atoms with Crippen LogP contribution >= 0.6 is 11.3 Å². The van der Waals surface area contributed by atoms with Gasteiger partial charge in [0.25, 0.3) is 5.91 Å². The monoisotopic (exact) mass is 500 g/mol. The molecule has 0 saturated carbocycles. The molecule has 0 unspecified atom stereocenters. The molecular weight excluding hydrogens is 476 g/mol. The van der Waals surface area contributed by atoms with Gasteiger partial charge in [0.2, 0.25) is 11.2 Å². The number of fused-ring (bicyclic) bond motifs is 2. The molecule has 1 aliphatic carbocycles. The van der Waals surface area contributed by atoms with Crippen LogP contribution in [0.5, 0.6) is 17.2 Å². The SMILES string of the molecule is CC(C)c1ccccc1Oc1coc2cc(OCC(=O)Nc3sc4c(c3C#N)CCC4)ccc2c1=O. The molecule has 5 rings (SSSR count). The zero-order valence-corrected chi connectivity index (χ0v) is 20.7. The summed E-state index contributed by atoms with van der Waals surface area (Å²) in [4.78, 5) is 26.6. The molecule has 2 aromatic carbocycles. The van der Waals surface area contributed by atoms with Gasteiger partial charge in [0.1, 0.15) is 34.4 Å². The molecule has 0 bridgehead atoms. The van der Waals surface area contributed by atoms with E-state index in [9.17, 15) is 14.9 Å². The summed E-state index contributed by atoms with van der Waals surface area (Å²) in [6, 6.07) is 14.6. The van der Waals surface area contributed by atoms with Crippen molar-refractivity contribution in [3.63, 3.8) is 0 Å². The van der Waals surface area contributed by atoms with Crippen molar-refractivity contribution >= 4 is 33.2 Å². The number of rotatable bonds is 7. The van der Waals surface area contributed by atoms with Crippen LogP contribution in [-0.2, 0) is 17.6 Å². The second kappa shape index (κ2) is 9.88. The van der Waals surface area contributed by atoms with Gasteiger partial charge >= 0.3 is 0 Å². The number of thiophene rings is 1. The van der Waals surface area contributed by atoms with Crippen molar-refractivity contribution in [3.05, 3.63) is 80.5 Å². The van der Waals surface area contributed by atoms with Crippen LogP contribution in [-0.4, -0.2) is 12.5 Å². The van der Waals surface area contributed by atoms with Crippen molar-refractivity contribution in [1.29, 1.82) is 5.26 Å². The number of nitrogens with zero attached hydrogens (tertiary/aromatic N) is 1. The molecule has 1 aliphatic rings. The van der Waals surface area contributed by atoms with Crippen molar-refractivity contribution < 1.29 is 18.7 Å². The summed E-state index contributed by atoms with van der Waals surface area (Å²) in [7, 11) is 0. The molecule has 0 saturated heterocycles. The maximum Gasteiger partial charge on any atom is 0.262 e. The molecule has 1 amide bonds. The second-order valence-corrected chi connectivity index (χ2v) is 10.00. The van der Waals surface area contributed by atoms with E-state index in [4.69, 9.17) is 13.9 Å². The summed E-state index contributed by atoms with van der Waals surface area (Å²) in [6.07, 6.45) is 4.16. The largest absolute Gasteiger partial charge is 0.484 e. The normalized spacial score (nSPS) is 12.4. The topological polar surface area (TPSA) is 102 Å². The Balaban J connectivity index is 1.28. The highest BCUT2D eigenvalue weighted by Gasteiger charge is 2.23. The molecule has 2 heterocycles. The van der Waals surface area contributed by atoms with E-state index in [2.05, 4.69) is 25.2 Å². The van der Waals surface area contributed by atoms with Gasteiger partial charge in [-0.25, -0.2) is 0 Å². The van der Waals surface area contributed by atoms with E-state index < -0.39 is 0 Å². The van der Waals surface area contributed by atoms with Gasteiger partial charge in [-0.3, -0.25) is 9.59 Å². The van der Waals surface area contributed by atoms with Crippen LogP contribution in [0, 0.1) is 11.3 Å². The molecule has 0 aliphatic heterocycles. The number of para-hydroxylation sites is 1. The average Bonchev–Trinajstić information content (AvgIpc) is 3.45. The van der Waals surface area contributed by atoms with E-state index in [1.807, 2.05) is 24.3 Å². The van der Waals surface area contributed by atoms with Crippen molar-refractivity contribution in [2.45, 2.75) is 39.0 Å². The highest BCUT2D eigenvalue weighted by Crippen LogP contribution is 2.38. The summed E-state index contributed by atoms with van der Waals surface area (Å²) in [5, 5.41) is 13.2. The predicted octanol–water partition coefficient (Wildman–Crippen LogP) is 6.15. The fourth-order valence-corrected chi connectivity index (χ4v) is 5.60. The molecule has 0 fully saturated rings. The Kier molecular flexibility index (Phi) is 6.49. The molecule has 8 heteroatoms. The maximum absolute atomic E-state index is 13.0. The first-order chi connectivity index (χ1) is 17.4. The minimum absolute atomic E-state index is 0.0970. The number of hydrogen-bond donors (Lipinski definition) is 1. The second-order valence-electron chi connectivity index (χ2n) is 8.89. The summed E-state index contributed by atoms with van der Waals surface area (Å²) in [6.45, 7) is 3.88. The lowest BCUT2D eigenvalue weighted by atomic mass is 10.0. The minimum Gasteiger partial charge on any atom is -0.484 e. The van der Waals surface area contributed by atoms with Crippen molar-refractivity contribution in [2.75, 3.05) is 11.9 Å². The van der Waals surface area contributed by atoms with E-state index in [-0.39, 0.29) is 29.6 Å². The van der Waals surface area contributed by atoms with Gasteiger partial charge in [-0.1, -0.05) is 32.0 Å². The molecule has 1 N–H and O–H groups in total. The van der Waals surface area contributed by atoms with Gasteiger partial charge in [-0.05, 0) is 54.5 Å². The first-order valence-corrected chi connectivity index (χ1v) is 12.6. The fourth-order valence-electron chi connectivity index (χ4n) is 4.34. The van der Waals surface area contributed by atoms with Crippen LogP contribution in [0.15, 0.2) is 57.9 Å². The first-order valence-electron chi connectivity index (χ1n) is 11.7. The van der Waals surface area contributed by atoms with Gasteiger partial charge in [0, 0.05) is 10.9 Å². The number of carbonyl (C=O) groups excluding carboxylic acids is 1. The number of hydrogen-bond acceptors (Lipinski definition) is 7. The molecule has 36 heavy (non-hydrogen) atoms. The molecule has 182 valence electrons. The molecule has 0 radical (unpaired) electrons. The van der Waals surface area contributed by atoms with Gasteiger partial charge in [-0.15, -0.1) is 11.3 Å². The molecular formula is C28H24N2O5S. The summed E-state index contributed by atoms with van der Waals surface area (Å²) >= 11 is 1.46. The lowest BCUT2D eigenvalue weighted by Crippen LogP contribution is -2.20. The van der Waals surface area contributed by atoms with Gasteiger partial charge in [0.15, 0.2) is 6.61 Å². The lowest BCUT2D eigenvalue weighted by molar-refractivity contribution is -0.118. The third-order valence-corrected chi connectivity index (χ3v) is 7.34. The Bertz CT molecular complexity index is 1560. The summed E-state index contributed by atoms with van der Waals surface area (Å²) in [5.74, 6) is 0.965. The number of benzene rings is 2. The highest BCUT2D eigenvalue weighted by atomic mass is 32.1. The third kappa shape index (κ3) is 4.58. The molecule has 4 aromatic rings. The van der Waals surface area contributed by atoms with Crippen LogP contribution in [0.3, 0.4) is 0 Å². The van der Waals surface area contributed by atoms with Gasteiger partial charge in [-0.2, -0.15) is 5.26 Å². The number of nitriles is 1. The third-order valence-electron chi connectivity index (χ3n) is 6.13. The Morgan fingerprint density at radius 1 is 1.19 bits per heavy atom. The van der Waals surface area contributed by atoms with E-state index >= 15 is 0 Å². The average molecular weight is 501 g/mol. The fraction of sp³-hybridized carbons (Fsp3) is 0.250. The van der Waals surface area contributed by atoms with E-state index in [0.717, 1.165) is 30.4 Å². The van der Waals surface area contributed by atoms with Crippen LogP contribution in [0.1, 0.15) is 47.8 Å². The smallest absolute Gasteiger partial charge is 0.262 e. The Labute approximate surface area is 211 Å². The molecule has 7 nitrogen and oxygen atoms in total. The lowest BCUT2D eigenvalue weighted by Gasteiger charge is -2.13. The van der Waals surface area contributed by atoms with Crippen molar-refractivity contribution in [2.24, 2.45) is 0 Å². The van der Waals surface area contributed by atoms with Crippen molar-refractivity contribution in [3.8, 4) is 23.3 Å². The Hall–Kier alpha value is -4.09. The van der Waals surface area contributed by atoms with Crippen LogP contribution in [0.2, 0.25) is 0 Å². The number of nitrogens with one attached hydrogen (secondary N) is 1. The van der Waals surface area contributed by atoms with E-state index in [0.29, 0.717) is 33.0 Å². The number of amides is 1. The maximum atomic E-state index is 13.0. The highest BCUT2D eigenvalue weighted by molar-refractivity contribution is 7.16. The first kappa shape index (κ1) is 23.6. The van der Waals surface area contributed by atoms with E-state index in [1.54, 1.807) is 18.2 Å². The number of carbonyl (C=O) groups is 1. The van der Waals surface area contributed by atoms with E-state index in [1.165, 1.54) is 22.5 Å². The molecule has 0 atom stereocenters. The van der Waals surface area contributed by atoms with Gasteiger partial charge < -0.3 is 19.2 Å². The number of ether oxygens (including phenoxy) is 2. The zero-order chi connectivity index (χ0) is 25.2. The predicted molar refractivity (Wildman–Crippen MR) is 138 cm³/mol. The van der Waals surface area contributed by atoms with Crippen LogP contribution in [0.25, 0.3) is 11.0 Å². The zero-order valence-electron chi connectivity index (χ0n) is 19.9. The molecule has 0 spiro atoms. The van der Waals surface area contributed by atoms with Crippen LogP contribution < -0.4 is 20.2 Å². The summed E-state index contributed by atoms with van der Waals surface area (Å²) in [5.41, 5.74) is 2.63. The standard InChI is InChI=1S/C28H24N2O5S/c1-16(2)18-6-3-4-8-22(18)35-24-14-34-23-12-17(10-11-20(23)27(24)32)33-15-26(31)30-28-21(13-29)19-7-5-9-25(19)36-28/h3-4,6,8,10-12,14,16H,5,7,9,15H2,1-2H3,(H,30,31). The minimum atomic E-state index is -0.361. The summed E-state index contributed by atoms with van der Waals surface area (Å²) < 4.78 is 17.2.